The molecule has 0 spiro atoms. The Hall–Kier alpha value is -0.310. The molecule has 1 N–H and O–H groups in total. The molecule has 0 aliphatic heterocycles. The molecule has 1 aromatic rings. The molecule has 0 saturated carbocycles. The molecule has 1 rings (SSSR count). The third-order valence-electron chi connectivity index (χ3n) is 1.12. The predicted molar refractivity (Wildman–Crippen MR) is 63.1 cm³/mol. The normalized spacial score (nSPS) is 10.3. The molecule has 0 radical (unpaired) electrons. The number of hydrogen-bond acceptors (Lipinski definition) is 2. The Kier molecular flexibility index (Phi) is 6.18. The van der Waals surface area contributed by atoms with Crippen molar-refractivity contribution in [1.82, 2.24) is 0 Å². The molecule has 86 valence electrons. The van der Waals surface area contributed by atoms with Crippen LogP contribution in [-0.2, 0) is 4.79 Å². The first-order valence-electron chi connectivity index (χ1n) is 4.02. The second-order valence-electron chi connectivity index (χ2n) is 2.06. The van der Waals surface area contributed by atoms with Crippen molar-refractivity contribution in [2.24, 2.45) is 0 Å². The smallest absolute Gasteiger partial charge is 0.317 e. The van der Waals surface area contributed by atoms with Gasteiger partial charge in [0, 0.05) is 0 Å². The number of alkyl halides is 3. The number of rotatable bonds is 1. The summed E-state index contributed by atoms with van der Waals surface area (Å²) in [5, 5.41) is 3.37. The average Bonchev–Trinajstić information content (AvgIpc) is 2.54. The molecule has 1 heterocycles. The lowest BCUT2D eigenvalue weighted by Gasteiger charge is -2.06. The highest BCUT2D eigenvalue weighted by Crippen LogP contribution is 2.26. The van der Waals surface area contributed by atoms with E-state index in [2.05, 4.69) is 0 Å². The van der Waals surface area contributed by atoms with E-state index in [1.54, 1.807) is 10.7 Å². The molecule has 1 amide bonds. The van der Waals surface area contributed by atoms with E-state index >= 15 is 0 Å². The maximum atomic E-state index is 11.8. The maximum absolute atomic E-state index is 11.8. The second kappa shape index (κ2) is 6.31. The van der Waals surface area contributed by atoms with E-state index < -0.39 is 12.1 Å². The van der Waals surface area contributed by atoms with Crippen LogP contribution in [0, 0.1) is 2.88 Å². The number of amides is 1. The molecule has 0 aromatic carbocycles. The van der Waals surface area contributed by atoms with Gasteiger partial charge in [0.05, 0.1) is 8.57 Å². The summed E-state index contributed by atoms with van der Waals surface area (Å²) in [5.74, 6) is -1.94. The summed E-state index contributed by atoms with van der Waals surface area (Å²) >= 11 is 3.12. The van der Waals surface area contributed by atoms with Crippen LogP contribution in [0.25, 0.3) is 0 Å². The molecule has 0 aliphatic rings. The number of carbonyl (C=O) groups is 1. The average molecular weight is 351 g/mol. The minimum Gasteiger partial charge on any atom is -0.317 e. The Labute approximate surface area is 103 Å². The minimum atomic E-state index is -4.83. The van der Waals surface area contributed by atoms with Gasteiger partial charge in [-0.2, -0.15) is 13.2 Å². The Morgan fingerprint density at radius 2 is 2.00 bits per heavy atom. The summed E-state index contributed by atoms with van der Waals surface area (Å²) in [5.41, 5.74) is 0.202. The largest absolute Gasteiger partial charge is 0.471 e. The highest BCUT2D eigenvalue weighted by Gasteiger charge is 2.38. The maximum Gasteiger partial charge on any atom is 0.471 e. The molecule has 0 unspecified atom stereocenters. The third-order valence-corrected chi connectivity index (χ3v) is 3.17. The van der Waals surface area contributed by atoms with Crippen molar-refractivity contribution >= 4 is 45.5 Å². The van der Waals surface area contributed by atoms with Crippen LogP contribution in [0.4, 0.5) is 18.9 Å². The molecule has 0 aliphatic carbocycles. The second-order valence-corrected chi connectivity index (χ2v) is 4.79. The van der Waals surface area contributed by atoms with Gasteiger partial charge in [-0.05, 0) is 34.0 Å². The highest BCUT2D eigenvalue weighted by atomic mass is 127. The standard InChI is InChI=1S/C6H3F3INOS.C2H6/c7-6(8,9)5(12)11-3-1-2-13-4(3)10;1-2/h1-2H,(H,11,12);1-2H3. The SMILES string of the molecule is CC.O=C(Nc1ccsc1I)C(F)(F)F. The lowest BCUT2D eigenvalue weighted by molar-refractivity contribution is -0.167. The lowest BCUT2D eigenvalue weighted by Crippen LogP contribution is -2.29. The van der Waals surface area contributed by atoms with E-state index in [0.29, 0.717) is 2.88 Å². The predicted octanol–water partition coefficient (Wildman–Crippen LogP) is 3.88. The number of thiophene rings is 1. The first-order chi connectivity index (χ1) is 6.91. The molecule has 1 aromatic heterocycles. The van der Waals surface area contributed by atoms with Crippen LogP contribution in [-0.4, -0.2) is 12.1 Å². The molecular weight excluding hydrogens is 342 g/mol. The molecule has 0 bridgehead atoms. The van der Waals surface area contributed by atoms with Gasteiger partial charge in [-0.15, -0.1) is 11.3 Å². The van der Waals surface area contributed by atoms with Crippen molar-refractivity contribution in [3.05, 3.63) is 14.3 Å². The van der Waals surface area contributed by atoms with Crippen LogP contribution >= 0.6 is 33.9 Å². The summed E-state index contributed by atoms with van der Waals surface area (Å²) in [7, 11) is 0. The Morgan fingerprint density at radius 1 is 1.47 bits per heavy atom. The van der Waals surface area contributed by atoms with E-state index in [1.165, 1.54) is 17.4 Å². The number of halogens is 4. The summed E-state index contributed by atoms with van der Waals surface area (Å²) in [6.45, 7) is 4.00. The Balaban J connectivity index is 0.000000921. The van der Waals surface area contributed by atoms with Gasteiger partial charge in [-0.1, -0.05) is 13.8 Å². The van der Waals surface area contributed by atoms with Crippen molar-refractivity contribution < 1.29 is 18.0 Å². The van der Waals surface area contributed by atoms with Crippen molar-refractivity contribution in [1.29, 1.82) is 0 Å². The van der Waals surface area contributed by atoms with Crippen molar-refractivity contribution in [2.75, 3.05) is 5.32 Å². The molecule has 15 heavy (non-hydrogen) atoms. The highest BCUT2D eigenvalue weighted by molar-refractivity contribution is 14.1. The zero-order chi connectivity index (χ0) is 12.1. The zero-order valence-corrected chi connectivity index (χ0v) is 11.0. The molecule has 0 saturated heterocycles. The van der Waals surface area contributed by atoms with E-state index in [-0.39, 0.29) is 5.69 Å². The number of hydrogen-bond donors (Lipinski definition) is 1. The fourth-order valence-corrected chi connectivity index (χ4v) is 1.90. The van der Waals surface area contributed by atoms with Crippen LogP contribution in [0.15, 0.2) is 11.4 Å². The van der Waals surface area contributed by atoms with Crippen LogP contribution in [0.1, 0.15) is 13.8 Å². The van der Waals surface area contributed by atoms with Crippen LogP contribution in [0.3, 0.4) is 0 Å². The summed E-state index contributed by atoms with van der Waals surface area (Å²) in [6.07, 6.45) is -4.83. The van der Waals surface area contributed by atoms with Gasteiger partial charge in [0.2, 0.25) is 0 Å². The summed E-state index contributed by atoms with van der Waals surface area (Å²) in [4.78, 5) is 10.4. The van der Waals surface area contributed by atoms with E-state index in [4.69, 9.17) is 0 Å². The van der Waals surface area contributed by atoms with Crippen molar-refractivity contribution in [3.63, 3.8) is 0 Å². The monoisotopic (exact) mass is 351 g/mol. The van der Waals surface area contributed by atoms with E-state index in [9.17, 15) is 18.0 Å². The molecule has 0 atom stereocenters. The fraction of sp³-hybridized carbons (Fsp3) is 0.375. The van der Waals surface area contributed by atoms with Gasteiger partial charge in [0.25, 0.3) is 0 Å². The quantitative estimate of drug-likeness (QED) is 0.765. The molecule has 7 heteroatoms. The van der Waals surface area contributed by atoms with Crippen LogP contribution in [0.2, 0.25) is 0 Å². The van der Waals surface area contributed by atoms with Gasteiger partial charge >= 0.3 is 12.1 Å². The molecular formula is C8H9F3INOS. The van der Waals surface area contributed by atoms with Gasteiger partial charge in [-0.3, -0.25) is 4.79 Å². The fourth-order valence-electron chi connectivity index (χ4n) is 0.575. The number of carbonyl (C=O) groups excluding carboxylic acids is 1. The Bertz CT molecular complexity index is 324. The zero-order valence-electron chi connectivity index (χ0n) is 7.98. The van der Waals surface area contributed by atoms with Gasteiger partial charge in [0.15, 0.2) is 0 Å². The van der Waals surface area contributed by atoms with Gasteiger partial charge in [0.1, 0.15) is 0 Å². The van der Waals surface area contributed by atoms with E-state index in [0.717, 1.165) is 0 Å². The minimum absolute atomic E-state index is 0.202. The Morgan fingerprint density at radius 3 is 2.33 bits per heavy atom. The van der Waals surface area contributed by atoms with Gasteiger partial charge in [-0.25, -0.2) is 0 Å². The molecule has 0 fully saturated rings. The first-order valence-corrected chi connectivity index (χ1v) is 5.98. The van der Waals surface area contributed by atoms with Crippen molar-refractivity contribution in [2.45, 2.75) is 20.0 Å². The summed E-state index contributed by atoms with van der Waals surface area (Å²) < 4.78 is 35.9. The third kappa shape index (κ3) is 4.83. The topological polar surface area (TPSA) is 29.1 Å². The van der Waals surface area contributed by atoms with Crippen LogP contribution in [0.5, 0.6) is 0 Å². The van der Waals surface area contributed by atoms with E-state index in [1.807, 2.05) is 36.4 Å². The molecule has 2 nitrogen and oxygen atoms in total. The van der Waals surface area contributed by atoms with Gasteiger partial charge < -0.3 is 5.32 Å². The van der Waals surface area contributed by atoms with Crippen LogP contribution < -0.4 is 5.32 Å². The number of anilines is 1. The lowest BCUT2D eigenvalue weighted by atomic mass is 10.5. The van der Waals surface area contributed by atoms with Crippen molar-refractivity contribution in [3.8, 4) is 0 Å². The first kappa shape index (κ1) is 14.7. The summed E-state index contributed by atoms with van der Waals surface area (Å²) in [6, 6.07) is 1.43. The number of nitrogens with one attached hydrogen (secondary N) is 1.